The molecule has 0 atom stereocenters. The maximum absolute atomic E-state index is 4.42. The molecule has 0 fully saturated rings. The average molecular weight is 213 g/mol. The van der Waals surface area contributed by atoms with E-state index in [-0.39, 0.29) is 0 Å². The van der Waals surface area contributed by atoms with Crippen molar-refractivity contribution in [1.82, 2.24) is 10.3 Å². The van der Waals surface area contributed by atoms with Gasteiger partial charge in [0.25, 0.3) is 0 Å². The minimum Gasteiger partial charge on any atom is -0.349 e. The van der Waals surface area contributed by atoms with Crippen LogP contribution in [-0.2, 0) is 6.54 Å². The van der Waals surface area contributed by atoms with Crippen molar-refractivity contribution < 1.29 is 0 Å². The molecule has 1 aromatic rings. The molecule has 0 amide bonds. The predicted octanol–water partition coefficient (Wildman–Crippen LogP) is 2.10. The molecule has 1 aromatic heterocycles. The molecule has 14 heavy (non-hydrogen) atoms. The average Bonchev–Trinajstić information content (AvgIpc) is 2.65. The highest BCUT2D eigenvalue weighted by molar-refractivity contribution is 7.15. The molecule has 0 bridgehead atoms. The van der Waals surface area contributed by atoms with Gasteiger partial charge in [0.2, 0.25) is 0 Å². The second kappa shape index (κ2) is 5.98. The molecule has 0 aliphatic heterocycles. The van der Waals surface area contributed by atoms with Gasteiger partial charge in [-0.2, -0.15) is 0 Å². The van der Waals surface area contributed by atoms with Gasteiger partial charge in [0.1, 0.15) is 0 Å². The Kier molecular flexibility index (Phi) is 4.90. The zero-order valence-corrected chi connectivity index (χ0v) is 10.0. The summed E-state index contributed by atoms with van der Waals surface area (Å²) in [4.78, 5) is 8.01. The summed E-state index contributed by atoms with van der Waals surface area (Å²) >= 11 is 1.78. The van der Waals surface area contributed by atoms with E-state index in [4.69, 9.17) is 0 Å². The summed E-state index contributed by atoms with van der Waals surface area (Å²) < 4.78 is 0. The van der Waals surface area contributed by atoms with E-state index in [2.05, 4.69) is 36.0 Å². The Hall–Kier alpha value is -0.610. The molecule has 0 saturated carbocycles. The number of anilines is 1. The highest BCUT2D eigenvalue weighted by Crippen LogP contribution is 2.21. The van der Waals surface area contributed by atoms with E-state index in [0.29, 0.717) is 0 Å². The zero-order valence-electron chi connectivity index (χ0n) is 9.21. The molecule has 0 spiro atoms. The fourth-order valence-corrected chi connectivity index (χ4v) is 2.27. The van der Waals surface area contributed by atoms with Crippen LogP contribution in [0.2, 0.25) is 0 Å². The molecular weight excluding hydrogens is 194 g/mol. The molecule has 0 aliphatic rings. The number of thiazole rings is 1. The van der Waals surface area contributed by atoms with Gasteiger partial charge >= 0.3 is 0 Å². The Labute approximate surface area is 90.2 Å². The van der Waals surface area contributed by atoms with Crippen molar-refractivity contribution in [1.29, 1.82) is 0 Å². The van der Waals surface area contributed by atoms with Gasteiger partial charge in [-0.05, 0) is 20.4 Å². The lowest BCUT2D eigenvalue weighted by Crippen LogP contribution is -2.21. The van der Waals surface area contributed by atoms with Crippen molar-refractivity contribution in [3.05, 3.63) is 11.1 Å². The van der Waals surface area contributed by atoms with Gasteiger partial charge in [-0.25, -0.2) is 4.98 Å². The lowest BCUT2D eigenvalue weighted by molar-refractivity contribution is 0.734. The normalized spacial score (nSPS) is 10.5. The highest BCUT2D eigenvalue weighted by Gasteiger charge is 2.06. The van der Waals surface area contributed by atoms with Crippen LogP contribution in [0.5, 0.6) is 0 Å². The van der Waals surface area contributed by atoms with Crippen LogP contribution in [0.3, 0.4) is 0 Å². The van der Waals surface area contributed by atoms with Gasteiger partial charge in [-0.15, -0.1) is 11.3 Å². The summed E-state index contributed by atoms with van der Waals surface area (Å²) in [5.74, 6) is 0. The number of hydrogen-bond acceptors (Lipinski definition) is 4. The molecule has 1 rings (SSSR count). The van der Waals surface area contributed by atoms with Crippen LogP contribution >= 0.6 is 11.3 Å². The standard InChI is InChI=1S/C10H19N3S/c1-4-11-7-9-8-12-10(14-9)13(5-2)6-3/h8,11H,4-7H2,1-3H3. The Morgan fingerprint density at radius 3 is 2.64 bits per heavy atom. The van der Waals surface area contributed by atoms with Crippen LogP contribution in [0, 0.1) is 0 Å². The van der Waals surface area contributed by atoms with Crippen molar-refractivity contribution in [2.24, 2.45) is 0 Å². The SMILES string of the molecule is CCNCc1cnc(N(CC)CC)s1. The quantitative estimate of drug-likeness (QED) is 0.784. The van der Waals surface area contributed by atoms with Crippen LogP contribution in [-0.4, -0.2) is 24.6 Å². The van der Waals surface area contributed by atoms with Crippen molar-refractivity contribution in [3.63, 3.8) is 0 Å². The first-order valence-electron chi connectivity index (χ1n) is 5.22. The van der Waals surface area contributed by atoms with Gasteiger partial charge in [0.05, 0.1) is 0 Å². The molecular formula is C10H19N3S. The van der Waals surface area contributed by atoms with E-state index in [1.54, 1.807) is 11.3 Å². The van der Waals surface area contributed by atoms with Crippen LogP contribution in [0.4, 0.5) is 5.13 Å². The Morgan fingerprint density at radius 2 is 2.07 bits per heavy atom. The van der Waals surface area contributed by atoms with Gasteiger partial charge in [-0.3, -0.25) is 0 Å². The van der Waals surface area contributed by atoms with E-state index in [0.717, 1.165) is 31.3 Å². The molecule has 0 aromatic carbocycles. The molecule has 1 heterocycles. The molecule has 1 N–H and O–H groups in total. The van der Waals surface area contributed by atoms with Crippen molar-refractivity contribution in [2.45, 2.75) is 27.3 Å². The largest absolute Gasteiger partial charge is 0.349 e. The number of rotatable bonds is 6. The predicted molar refractivity (Wildman–Crippen MR) is 63.1 cm³/mol. The summed E-state index contributed by atoms with van der Waals surface area (Å²) in [7, 11) is 0. The van der Waals surface area contributed by atoms with Gasteiger partial charge in [-0.1, -0.05) is 6.92 Å². The fourth-order valence-electron chi connectivity index (χ4n) is 1.27. The Morgan fingerprint density at radius 1 is 1.36 bits per heavy atom. The summed E-state index contributed by atoms with van der Waals surface area (Å²) in [6, 6.07) is 0. The molecule has 80 valence electrons. The molecule has 0 aliphatic carbocycles. The zero-order chi connectivity index (χ0) is 10.4. The maximum atomic E-state index is 4.42. The third-order valence-electron chi connectivity index (χ3n) is 2.12. The van der Waals surface area contributed by atoms with E-state index in [9.17, 15) is 0 Å². The lowest BCUT2D eigenvalue weighted by atomic mass is 10.5. The molecule has 0 saturated heterocycles. The molecule has 4 heteroatoms. The van der Waals surface area contributed by atoms with Crippen LogP contribution < -0.4 is 10.2 Å². The second-order valence-electron chi connectivity index (χ2n) is 3.06. The first kappa shape index (κ1) is 11.5. The highest BCUT2D eigenvalue weighted by atomic mass is 32.1. The number of nitrogens with zero attached hydrogens (tertiary/aromatic N) is 2. The third kappa shape index (κ3) is 2.96. The summed E-state index contributed by atoms with van der Waals surface area (Å²) in [6.07, 6.45) is 1.97. The van der Waals surface area contributed by atoms with Crippen LogP contribution in [0.15, 0.2) is 6.20 Å². The minimum absolute atomic E-state index is 0.940. The first-order chi connectivity index (χ1) is 6.81. The lowest BCUT2D eigenvalue weighted by Gasteiger charge is -2.16. The van der Waals surface area contributed by atoms with Gasteiger partial charge < -0.3 is 10.2 Å². The maximum Gasteiger partial charge on any atom is 0.185 e. The van der Waals surface area contributed by atoms with Crippen molar-refractivity contribution in [3.8, 4) is 0 Å². The second-order valence-corrected chi connectivity index (χ2v) is 4.16. The van der Waals surface area contributed by atoms with Crippen molar-refractivity contribution in [2.75, 3.05) is 24.5 Å². The minimum atomic E-state index is 0.940. The monoisotopic (exact) mass is 213 g/mol. The first-order valence-corrected chi connectivity index (χ1v) is 6.03. The van der Waals surface area contributed by atoms with E-state index in [1.807, 2.05) is 6.20 Å². The number of hydrogen-bond donors (Lipinski definition) is 1. The third-order valence-corrected chi connectivity index (χ3v) is 3.18. The van der Waals surface area contributed by atoms with E-state index >= 15 is 0 Å². The van der Waals surface area contributed by atoms with Gasteiger partial charge in [0.15, 0.2) is 5.13 Å². The Balaban J connectivity index is 2.57. The molecule has 3 nitrogen and oxygen atoms in total. The van der Waals surface area contributed by atoms with Crippen LogP contribution in [0.1, 0.15) is 25.6 Å². The summed E-state index contributed by atoms with van der Waals surface area (Å²) in [5, 5.41) is 4.45. The number of nitrogens with one attached hydrogen (secondary N) is 1. The smallest absolute Gasteiger partial charge is 0.185 e. The molecule has 0 unspecified atom stereocenters. The fraction of sp³-hybridized carbons (Fsp3) is 0.700. The summed E-state index contributed by atoms with van der Waals surface area (Å²) in [5.41, 5.74) is 0. The molecule has 0 radical (unpaired) electrons. The Bertz CT molecular complexity index is 256. The van der Waals surface area contributed by atoms with E-state index < -0.39 is 0 Å². The van der Waals surface area contributed by atoms with Crippen molar-refractivity contribution >= 4 is 16.5 Å². The number of aromatic nitrogens is 1. The summed E-state index contributed by atoms with van der Waals surface area (Å²) in [6.45, 7) is 10.5. The topological polar surface area (TPSA) is 28.2 Å². The van der Waals surface area contributed by atoms with Crippen LogP contribution in [0.25, 0.3) is 0 Å². The van der Waals surface area contributed by atoms with Gasteiger partial charge in [0, 0.05) is 30.7 Å². The van der Waals surface area contributed by atoms with E-state index in [1.165, 1.54) is 4.88 Å².